The van der Waals surface area contributed by atoms with Gasteiger partial charge in [0.2, 0.25) is 5.88 Å². The summed E-state index contributed by atoms with van der Waals surface area (Å²) in [4.78, 5) is 16.0. The lowest BCUT2D eigenvalue weighted by Gasteiger charge is -2.18. The fourth-order valence-corrected chi connectivity index (χ4v) is 4.71. The molecule has 5 aromatic rings. The zero-order chi connectivity index (χ0) is 23.2. The van der Waals surface area contributed by atoms with Crippen LogP contribution in [0.3, 0.4) is 0 Å². The first-order chi connectivity index (χ1) is 16.6. The lowest BCUT2D eigenvalue weighted by Crippen LogP contribution is -2.26. The van der Waals surface area contributed by atoms with E-state index in [1.165, 1.54) is 6.33 Å². The molecule has 10 heteroatoms. The first kappa shape index (κ1) is 20.5. The molecule has 1 fully saturated rings. The van der Waals surface area contributed by atoms with Crippen molar-refractivity contribution in [3.63, 3.8) is 0 Å². The minimum Gasteiger partial charge on any atom is -0.471 e. The number of ether oxygens (including phenoxy) is 1. The summed E-state index contributed by atoms with van der Waals surface area (Å²) in [6.45, 7) is 6.48. The highest BCUT2D eigenvalue weighted by Gasteiger charge is 2.28. The van der Waals surface area contributed by atoms with Crippen LogP contribution in [-0.2, 0) is 13.6 Å². The molecule has 10 nitrogen and oxygen atoms in total. The molecular weight excluding hydrogens is 430 g/mol. The van der Waals surface area contributed by atoms with Gasteiger partial charge in [-0.05, 0) is 13.8 Å². The van der Waals surface area contributed by atoms with E-state index in [2.05, 4.69) is 56.1 Å². The zero-order valence-electron chi connectivity index (χ0n) is 19.4. The number of benzene rings is 1. The largest absolute Gasteiger partial charge is 0.471 e. The SMILES string of the molecule is CCn1ncc(-c2nc3c(O[C@H]4CCN(c5nncc6ccccc56)C4)ncnc3n2C)c1C. The Morgan fingerprint density at radius 1 is 1.15 bits per heavy atom. The molecule has 4 aromatic heterocycles. The number of hydrogen-bond acceptors (Lipinski definition) is 8. The first-order valence-electron chi connectivity index (χ1n) is 11.5. The molecule has 0 radical (unpaired) electrons. The summed E-state index contributed by atoms with van der Waals surface area (Å²) in [7, 11) is 1.96. The molecule has 0 bridgehead atoms. The molecule has 1 aliphatic heterocycles. The van der Waals surface area contributed by atoms with Crippen molar-refractivity contribution in [2.45, 2.75) is 32.9 Å². The van der Waals surface area contributed by atoms with Gasteiger partial charge in [-0.15, -0.1) is 5.10 Å². The Morgan fingerprint density at radius 3 is 2.88 bits per heavy atom. The molecular formula is C24H25N9O. The van der Waals surface area contributed by atoms with Crippen molar-refractivity contribution in [1.82, 2.24) is 39.5 Å². The van der Waals surface area contributed by atoms with E-state index in [0.717, 1.165) is 58.8 Å². The Hall–Kier alpha value is -4.08. The second kappa shape index (κ2) is 8.05. The minimum atomic E-state index is -0.0334. The van der Waals surface area contributed by atoms with Gasteiger partial charge in [0.15, 0.2) is 17.0 Å². The molecule has 1 aromatic carbocycles. The summed E-state index contributed by atoms with van der Waals surface area (Å²) in [5.41, 5.74) is 3.44. The molecule has 1 aliphatic rings. The van der Waals surface area contributed by atoms with Crippen molar-refractivity contribution in [2.75, 3.05) is 18.0 Å². The van der Waals surface area contributed by atoms with Crippen LogP contribution in [-0.4, -0.2) is 58.7 Å². The van der Waals surface area contributed by atoms with Gasteiger partial charge in [-0.1, -0.05) is 24.3 Å². The molecule has 0 unspecified atom stereocenters. The molecule has 0 N–H and O–H groups in total. The van der Waals surface area contributed by atoms with Crippen LogP contribution in [0.2, 0.25) is 0 Å². The number of anilines is 1. The Bertz CT molecular complexity index is 1500. The van der Waals surface area contributed by atoms with Crippen LogP contribution in [0.15, 0.2) is 43.0 Å². The fraction of sp³-hybridized carbons (Fsp3) is 0.333. The Balaban J connectivity index is 1.29. The highest BCUT2D eigenvalue weighted by molar-refractivity contribution is 5.91. The maximum Gasteiger partial charge on any atom is 0.245 e. The smallest absolute Gasteiger partial charge is 0.245 e. The molecule has 172 valence electrons. The van der Waals surface area contributed by atoms with Crippen molar-refractivity contribution in [2.24, 2.45) is 7.05 Å². The second-order valence-electron chi connectivity index (χ2n) is 8.53. The highest BCUT2D eigenvalue weighted by Crippen LogP contribution is 2.31. The molecule has 0 spiro atoms. The Labute approximate surface area is 196 Å². The van der Waals surface area contributed by atoms with Crippen molar-refractivity contribution in [1.29, 1.82) is 0 Å². The lowest BCUT2D eigenvalue weighted by atomic mass is 10.2. The van der Waals surface area contributed by atoms with Crippen LogP contribution in [0.1, 0.15) is 19.0 Å². The van der Waals surface area contributed by atoms with E-state index in [1.807, 2.05) is 34.6 Å². The van der Waals surface area contributed by atoms with Gasteiger partial charge in [0.25, 0.3) is 0 Å². The number of nitrogens with zero attached hydrogens (tertiary/aromatic N) is 9. The summed E-state index contributed by atoms with van der Waals surface area (Å²) in [6.07, 6.45) is 6.01. The summed E-state index contributed by atoms with van der Waals surface area (Å²) < 4.78 is 10.3. The van der Waals surface area contributed by atoms with Crippen molar-refractivity contribution < 1.29 is 4.74 Å². The zero-order valence-corrected chi connectivity index (χ0v) is 19.4. The maximum absolute atomic E-state index is 6.38. The summed E-state index contributed by atoms with van der Waals surface area (Å²) in [5.74, 6) is 2.19. The van der Waals surface area contributed by atoms with E-state index >= 15 is 0 Å². The van der Waals surface area contributed by atoms with Crippen molar-refractivity contribution >= 4 is 27.8 Å². The average Bonchev–Trinajstić information content (AvgIpc) is 3.57. The highest BCUT2D eigenvalue weighted by atomic mass is 16.5. The summed E-state index contributed by atoms with van der Waals surface area (Å²) >= 11 is 0. The number of imidazole rings is 1. The fourth-order valence-electron chi connectivity index (χ4n) is 4.71. The summed E-state index contributed by atoms with van der Waals surface area (Å²) in [5, 5.41) is 15.3. The third-order valence-electron chi connectivity index (χ3n) is 6.54. The average molecular weight is 456 g/mol. The van der Waals surface area contributed by atoms with E-state index in [1.54, 1.807) is 6.20 Å². The predicted molar refractivity (Wildman–Crippen MR) is 129 cm³/mol. The lowest BCUT2D eigenvalue weighted by molar-refractivity contribution is 0.218. The quantitative estimate of drug-likeness (QED) is 0.398. The van der Waals surface area contributed by atoms with Gasteiger partial charge in [0, 0.05) is 43.0 Å². The topological polar surface area (TPSA) is 99.7 Å². The molecule has 1 saturated heterocycles. The number of hydrogen-bond donors (Lipinski definition) is 0. The number of fused-ring (bicyclic) bond motifs is 2. The van der Waals surface area contributed by atoms with Gasteiger partial charge in [0.05, 0.1) is 24.5 Å². The van der Waals surface area contributed by atoms with Gasteiger partial charge in [-0.3, -0.25) is 4.68 Å². The Kier molecular flexibility index (Phi) is 4.86. The predicted octanol–water partition coefficient (Wildman–Crippen LogP) is 3.16. The minimum absolute atomic E-state index is 0.0334. The van der Waals surface area contributed by atoms with Crippen LogP contribution < -0.4 is 9.64 Å². The number of aryl methyl sites for hydroxylation is 2. The van der Waals surface area contributed by atoms with Crippen LogP contribution in [0.4, 0.5) is 5.82 Å². The monoisotopic (exact) mass is 455 g/mol. The van der Waals surface area contributed by atoms with Gasteiger partial charge in [-0.25, -0.2) is 9.97 Å². The van der Waals surface area contributed by atoms with Crippen LogP contribution in [0, 0.1) is 6.92 Å². The van der Waals surface area contributed by atoms with Gasteiger partial charge in [-0.2, -0.15) is 15.2 Å². The molecule has 0 saturated carbocycles. The molecule has 5 heterocycles. The second-order valence-corrected chi connectivity index (χ2v) is 8.53. The number of aromatic nitrogens is 8. The summed E-state index contributed by atoms with van der Waals surface area (Å²) in [6, 6.07) is 8.18. The standard InChI is InChI=1S/C24H25N9O/c1-4-33-15(2)19(12-28-33)21-29-20-23(31(21)3)25-14-26-24(20)34-17-9-10-32(13-17)22-18-8-6-5-7-16(18)11-27-30-22/h5-8,11-12,14,17H,4,9-10,13H2,1-3H3/t17-/m0/s1. The first-order valence-corrected chi connectivity index (χ1v) is 11.5. The maximum atomic E-state index is 6.38. The molecule has 0 amide bonds. The Morgan fingerprint density at radius 2 is 2.03 bits per heavy atom. The van der Waals surface area contributed by atoms with E-state index in [0.29, 0.717) is 17.9 Å². The number of rotatable bonds is 5. The third-order valence-corrected chi connectivity index (χ3v) is 6.54. The van der Waals surface area contributed by atoms with Crippen molar-refractivity contribution in [3.05, 3.63) is 48.7 Å². The van der Waals surface area contributed by atoms with Crippen molar-refractivity contribution in [3.8, 4) is 17.3 Å². The van der Waals surface area contributed by atoms with Gasteiger partial charge < -0.3 is 14.2 Å². The molecule has 34 heavy (non-hydrogen) atoms. The normalized spacial score (nSPS) is 16.1. The molecule has 1 atom stereocenters. The van der Waals surface area contributed by atoms with E-state index < -0.39 is 0 Å². The van der Waals surface area contributed by atoms with Gasteiger partial charge >= 0.3 is 0 Å². The van der Waals surface area contributed by atoms with E-state index in [4.69, 9.17) is 9.72 Å². The van der Waals surface area contributed by atoms with E-state index in [9.17, 15) is 0 Å². The van der Waals surface area contributed by atoms with Crippen LogP contribution in [0.25, 0.3) is 33.3 Å². The van der Waals surface area contributed by atoms with Gasteiger partial charge in [0.1, 0.15) is 18.3 Å². The van der Waals surface area contributed by atoms with Crippen LogP contribution >= 0.6 is 0 Å². The third kappa shape index (κ3) is 3.25. The molecule has 0 aliphatic carbocycles. The van der Waals surface area contributed by atoms with E-state index in [-0.39, 0.29) is 6.10 Å². The molecule has 6 rings (SSSR count). The van der Waals surface area contributed by atoms with Crippen LogP contribution in [0.5, 0.6) is 5.88 Å².